The largest absolute Gasteiger partial charge is 0.390 e. The molecule has 196 valence electrons. The summed E-state index contributed by atoms with van der Waals surface area (Å²) in [5.74, 6) is -0.436. The lowest BCUT2D eigenvalue weighted by molar-refractivity contribution is 0.101. The maximum Gasteiger partial charge on any atom is 0.255 e. The van der Waals surface area contributed by atoms with Crippen molar-refractivity contribution in [2.24, 2.45) is 11.5 Å². The van der Waals surface area contributed by atoms with Gasteiger partial charge in [-0.3, -0.25) is 20.4 Å². The minimum atomic E-state index is -0.257. The van der Waals surface area contributed by atoms with Gasteiger partial charge in [-0.1, -0.05) is 30.3 Å². The Morgan fingerprint density at radius 1 is 0.895 bits per heavy atom. The topological polar surface area (TPSA) is 173 Å². The molecule has 0 unspecified atom stereocenters. The van der Waals surface area contributed by atoms with Crippen molar-refractivity contribution < 1.29 is 9.59 Å². The Bertz CT molecular complexity index is 1300. The first-order valence-corrected chi connectivity index (χ1v) is 11.9. The highest BCUT2D eigenvalue weighted by molar-refractivity contribution is 6.07. The van der Waals surface area contributed by atoms with Crippen molar-refractivity contribution in [2.45, 2.75) is 6.54 Å². The maximum absolute atomic E-state index is 12.7. The molecule has 38 heavy (non-hydrogen) atoms. The molecule has 4 rings (SSSR count). The summed E-state index contributed by atoms with van der Waals surface area (Å²) in [6.45, 7) is 1.99. The molecule has 10 nitrogen and oxygen atoms in total. The highest BCUT2D eigenvalue weighted by Crippen LogP contribution is 2.23. The van der Waals surface area contributed by atoms with Crippen LogP contribution in [0.15, 0.2) is 78.9 Å². The zero-order valence-corrected chi connectivity index (χ0v) is 21.1. The lowest BCUT2D eigenvalue weighted by Gasteiger charge is -2.15. The third-order valence-corrected chi connectivity index (χ3v) is 5.78. The summed E-state index contributed by atoms with van der Waals surface area (Å²) in [6.07, 6.45) is 2.80. The van der Waals surface area contributed by atoms with Gasteiger partial charge in [0.1, 0.15) is 0 Å². The third-order valence-electron chi connectivity index (χ3n) is 5.78. The van der Waals surface area contributed by atoms with Gasteiger partial charge < -0.3 is 32.3 Å². The van der Waals surface area contributed by atoms with Gasteiger partial charge in [-0.05, 0) is 72.3 Å². The van der Waals surface area contributed by atoms with Gasteiger partial charge in [0.25, 0.3) is 11.8 Å². The van der Waals surface area contributed by atoms with Crippen LogP contribution in [0.3, 0.4) is 0 Å². The van der Waals surface area contributed by atoms with E-state index in [1.165, 1.54) is 0 Å². The van der Waals surface area contributed by atoms with Crippen LogP contribution in [0.2, 0.25) is 0 Å². The molecule has 3 aromatic rings. The normalized spacial score (nSPS) is 12.0. The van der Waals surface area contributed by atoms with Gasteiger partial charge in [0.05, 0.1) is 6.34 Å². The molecular weight excluding hydrogens is 480 g/mol. The van der Waals surface area contributed by atoms with Crippen molar-refractivity contribution in [3.8, 4) is 0 Å². The van der Waals surface area contributed by atoms with Crippen molar-refractivity contribution in [1.29, 1.82) is 10.8 Å². The Hall–Kier alpha value is -4.96. The van der Waals surface area contributed by atoms with Gasteiger partial charge >= 0.3 is 0 Å². The number of hydrogen-bond acceptors (Lipinski definition) is 5. The summed E-state index contributed by atoms with van der Waals surface area (Å²) < 4.78 is 0. The van der Waals surface area contributed by atoms with Gasteiger partial charge in [0.15, 0.2) is 5.96 Å². The minimum Gasteiger partial charge on any atom is -0.390 e. The van der Waals surface area contributed by atoms with Crippen molar-refractivity contribution in [3.63, 3.8) is 0 Å². The summed E-state index contributed by atoms with van der Waals surface area (Å²) in [4.78, 5) is 27.0. The Morgan fingerprint density at radius 2 is 1.37 bits per heavy atom. The molecule has 0 saturated heterocycles. The van der Waals surface area contributed by atoms with E-state index in [0.29, 0.717) is 35.6 Å². The summed E-state index contributed by atoms with van der Waals surface area (Å²) in [5, 5.41) is 22.2. The number of anilines is 2. The van der Waals surface area contributed by atoms with Crippen LogP contribution in [0, 0.1) is 10.8 Å². The van der Waals surface area contributed by atoms with E-state index in [9.17, 15) is 9.59 Å². The number of rotatable bonds is 7. The number of benzene rings is 3. The summed E-state index contributed by atoms with van der Waals surface area (Å²) in [5.41, 5.74) is 15.5. The number of carbonyl (C=O) groups is 2. The SMILES string of the molecule is CNCc1ccc(NC(=O)c2ccc(C(=O)Nc3ccc(C4=CCN(C(=N)N)C4)cc3)cc2)cc1.N=CN. The average molecular weight is 513 g/mol. The summed E-state index contributed by atoms with van der Waals surface area (Å²) in [6, 6.07) is 21.7. The van der Waals surface area contributed by atoms with Gasteiger partial charge in [-0.25, -0.2) is 0 Å². The molecule has 0 bridgehead atoms. The smallest absolute Gasteiger partial charge is 0.255 e. The lowest BCUT2D eigenvalue weighted by Crippen LogP contribution is -2.34. The number of nitrogens with two attached hydrogens (primary N) is 2. The fraction of sp³-hybridized carbons (Fsp3) is 0.143. The van der Waals surface area contributed by atoms with Gasteiger partial charge in [-0.15, -0.1) is 0 Å². The first kappa shape index (κ1) is 27.6. The highest BCUT2D eigenvalue weighted by Gasteiger charge is 2.16. The van der Waals surface area contributed by atoms with E-state index < -0.39 is 0 Å². The molecule has 9 N–H and O–H groups in total. The van der Waals surface area contributed by atoms with E-state index in [4.69, 9.17) is 16.6 Å². The van der Waals surface area contributed by atoms with Gasteiger partial charge in [-0.2, -0.15) is 0 Å². The standard InChI is InChI=1S/C27H28N6O2.CH4N2/c1-30-16-18-2-10-23(11-3-18)31-25(34)20-4-6-21(7-5-20)26(35)32-24-12-8-19(9-13-24)22-14-15-33(17-22)27(28)29;2-1-3/h2-14,30H,15-17H2,1H3,(H3,28,29)(H,31,34)(H,32,35);1H,(H3,2,3). The zero-order valence-electron chi connectivity index (χ0n) is 21.1. The second-order valence-corrected chi connectivity index (χ2v) is 8.45. The van der Waals surface area contributed by atoms with Crippen LogP contribution in [-0.2, 0) is 6.54 Å². The van der Waals surface area contributed by atoms with E-state index in [1.54, 1.807) is 29.2 Å². The molecule has 0 spiro atoms. The molecule has 0 saturated carbocycles. The number of hydrogen-bond donors (Lipinski definition) is 7. The van der Waals surface area contributed by atoms with Crippen molar-refractivity contribution in [3.05, 3.63) is 101 Å². The van der Waals surface area contributed by atoms with Crippen LogP contribution in [0.1, 0.15) is 31.8 Å². The predicted octanol–water partition coefficient (Wildman–Crippen LogP) is 3.06. The lowest BCUT2D eigenvalue weighted by atomic mass is 10.1. The fourth-order valence-corrected chi connectivity index (χ4v) is 3.80. The highest BCUT2D eigenvalue weighted by atomic mass is 16.2. The monoisotopic (exact) mass is 512 g/mol. The van der Waals surface area contributed by atoms with Crippen LogP contribution in [0.5, 0.6) is 0 Å². The Kier molecular flexibility index (Phi) is 9.72. The van der Waals surface area contributed by atoms with E-state index >= 15 is 0 Å². The van der Waals surface area contributed by atoms with Crippen LogP contribution in [-0.4, -0.2) is 49.1 Å². The van der Waals surface area contributed by atoms with Crippen LogP contribution in [0.25, 0.3) is 5.57 Å². The predicted molar refractivity (Wildman–Crippen MR) is 152 cm³/mol. The quantitative estimate of drug-likeness (QED) is 0.189. The van der Waals surface area contributed by atoms with Gasteiger partial charge in [0, 0.05) is 42.1 Å². The molecule has 10 heteroatoms. The molecule has 2 amide bonds. The molecule has 3 aromatic carbocycles. The molecular formula is C28H32N8O2. The van der Waals surface area contributed by atoms with Crippen LogP contribution in [0.4, 0.5) is 11.4 Å². The average Bonchev–Trinajstić information content (AvgIpc) is 3.42. The minimum absolute atomic E-state index is 0.0578. The first-order valence-electron chi connectivity index (χ1n) is 11.9. The number of amides is 2. The first-order chi connectivity index (χ1) is 18.3. The molecule has 0 fully saturated rings. The number of guanidine groups is 1. The van der Waals surface area contributed by atoms with Crippen molar-refractivity contribution in [2.75, 3.05) is 30.8 Å². The third kappa shape index (κ3) is 7.52. The summed E-state index contributed by atoms with van der Waals surface area (Å²) >= 11 is 0. The van der Waals surface area contributed by atoms with Crippen molar-refractivity contribution in [1.82, 2.24) is 10.2 Å². The van der Waals surface area contributed by atoms with E-state index in [0.717, 1.165) is 29.6 Å². The molecule has 0 aliphatic carbocycles. The number of nitrogens with zero attached hydrogens (tertiary/aromatic N) is 1. The Morgan fingerprint density at radius 3 is 1.79 bits per heavy atom. The molecule has 1 aliphatic rings. The second-order valence-electron chi connectivity index (χ2n) is 8.45. The molecule has 0 atom stereocenters. The van der Waals surface area contributed by atoms with E-state index in [1.807, 2.05) is 61.7 Å². The van der Waals surface area contributed by atoms with E-state index in [2.05, 4.69) is 21.7 Å². The molecule has 1 aliphatic heterocycles. The zero-order chi connectivity index (χ0) is 27.5. The van der Waals surface area contributed by atoms with Crippen LogP contribution < -0.4 is 27.4 Å². The van der Waals surface area contributed by atoms with Gasteiger partial charge in [0.2, 0.25) is 0 Å². The van der Waals surface area contributed by atoms with Crippen molar-refractivity contribution >= 4 is 41.1 Å². The van der Waals surface area contributed by atoms with Crippen LogP contribution >= 0.6 is 0 Å². The molecule has 0 radical (unpaired) electrons. The summed E-state index contributed by atoms with van der Waals surface area (Å²) in [7, 11) is 1.88. The Labute approximate surface area is 221 Å². The van der Waals surface area contributed by atoms with E-state index in [-0.39, 0.29) is 17.8 Å². The number of carbonyl (C=O) groups excluding carboxylic acids is 2. The maximum atomic E-state index is 12.7. The number of nitrogens with one attached hydrogen (secondary N) is 5. The Balaban J connectivity index is 0.00000127. The molecule has 1 heterocycles. The molecule has 0 aromatic heterocycles. The second kappa shape index (κ2) is 13.4. The fourth-order valence-electron chi connectivity index (χ4n) is 3.80.